The van der Waals surface area contributed by atoms with Crippen molar-refractivity contribution < 1.29 is 9.59 Å². The number of nitrogens with zero attached hydrogens (tertiary/aromatic N) is 2. The molecule has 5 nitrogen and oxygen atoms in total. The van der Waals surface area contributed by atoms with Crippen LogP contribution in [0.25, 0.3) is 11.3 Å². The third-order valence-corrected chi connectivity index (χ3v) is 5.95. The molecule has 6 heteroatoms. The van der Waals surface area contributed by atoms with Gasteiger partial charge >= 0.3 is 0 Å². The van der Waals surface area contributed by atoms with Crippen molar-refractivity contribution in [3.63, 3.8) is 0 Å². The zero-order valence-electron chi connectivity index (χ0n) is 16.6. The van der Waals surface area contributed by atoms with E-state index in [1.54, 1.807) is 12.1 Å². The monoisotopic (exact) mass is 405 g/mol. The minimum absolute atomic E-state index is 0.162. The highest BCUT2D eigenvalue weighted by Crippen LogP contribution is 2.36. The second-order valence-corrected chi connectivity index (χ2v) is 8.34. The van der Waals surface area contributed by atoms with Crippen LogP contribution >= 0.6 is 11.3 Å². The van der Waals surface area contributed by atoms with E-state index >= 15 is 0 Å². The van der Waals surface area contributed by atoms with E-state index in [4.69, 9.17) is 0 Å². The summed E-state index contributed by atoms with van der Waals surface area (Å²) in [6.45, 7) is 4.78. The van der Waals surface area contributed by atoms with Crippen molar-refractivity contribution in [1.29, 1.82) is 0 Å². The normalized spacial score (nSPS) is 12.7. The fraction of sp³-hybridized carbons (Fsp3) is 0.261. The Morgan fingerprint density at radius 1 is 1.17 bits per heavy atom. The summed E-state index contributed by atoms with van der Waals surface area (Å²) in [4.78, 5) is 32.3. The zero-order chi connectivity index (χ0) is 20.4. The van der Waals surface area contributed by atoms with Crippen molar-refractivity contribution in [2.75, 3.05) is 16.8 Å². The first-order chi connectivity index (χ1) is 14.1. The van der Waals surface area contributed by atoms with E-state index in [9.17, 15) is 9.59 Å². The number of aryl methyl sites for hydroxylation is 1. The van der Waals surface area contributed by atoms with Crippen molar-refractivity contribution in [3.8, 4) is 11.3 Å². The maximum atomic E-state index is 12.4. The molecule has 0 saturated heterocycles. The van der Waals surface area contributed by atoms with Gasteiger partial charge in [0.2, 0.25) is 5.91 Å². The average Bonchev–Trinajstić information content (AvgIpc) is 3.31. The second-order valence-electron chi connectivity index (χ2n) is 7.13. The molecular weight excluding hydrogens is 382 g/mol. The summed E-state index contributed by atoms with van der Waals surface area (Å²) >= 11 is 1.47. The summed E-state index contributed by atoms with van der Waals surface area (Å²) in [6.07, 6.45) is 2.30. The van der Waals surface area contributed by atoms with E-state index in [2.05, 4.69) is 16.4 Å². The molecule has 0 saturated carbocycles. The number of anilines is 2. The Balaban J connectivity index is 1.56. The standard InChI is InChI=1S/C23H23N3O2S/c1-3-7-20(27)26-13-12-17-14-18(10-11-19(17)26)21-15(2)29-23(24-21)25-22(28)16-8-5-4-6-9-16/h4-6,8-11,14H,3,7,12-13H2,1-2H3,(H,24,25,28). The average molecular weight is 406 g/mol. The van der Waals surface area contributed by atoms with Crippen LogP contribution in [0.3, 0.4) is 0 Å². The lowest BCUT2D eigenvalue weighted by Gasteiger charge is -2.17. The molecule has 1 aliphatic heterocycles. The molecule has 3 aromatic rings. The molecule has 0 aliphatic carbocycles. The predicted molar refractivity (Wildman–Crippen MR) is 118 cm³/mol. The van der Waals surface area contributed by atoms with E-state index in [0.717, 1.165) is 41.2 Å². The van der Waals surface area contributed by atoms with E-state index in [1.165, 1.54) is 16.9 Å². The van der Waals surface area contributed by atoms with Gasteiger partial charge < -0.3 is 4.90 Å². The number of nitrogens with one attached hydrogen (secondary N) is 1. The van der Waals surface area contributed by atoms with Gasteiger partial charge in [-0.3, -0.25) is 14.9 Å². The van der Waals surface area contributed by atoms with Gasteiger partial charge in [-0.1, -0.05) is 31.2 Å². The van der Waals surface area contributed by atoms with Crippen LogP contribution < -0.4 is 10.2 Å². The molecule has 0 spiro atoms. The molecule has 0 bridgehead atoms. The van der Waals surface area contributed by atoms with Crippen LogP contribution in [-0.4, -0.2) is 23.3 Å². The van der Waals surface area contributed by atoms with Crippen molar-refractivity contribution in [2.24, 2.45) is 0 Å². The second kappa shape index (κ2) is 8.17. The van der Waals surface area contributed by atoms with Crippen LogP contribution in [-0.2, 0) is 11.2 Å². The number of carbonyl (C=O) groups is 2. The van der Waals surface area contributed by atoms with Crippen LogP contribution in [0.2, 0.25) is 0 Å². The maximum Gasteiger partial charge on any atom is 0.257 e. The van der Waals surface area contributed by atoms with Crippen molar-refractivity contribution >= 4 is 34.0 Å². The molecular formula is C23H23N3O2S. The molecule has 0 fully saturated rings. The van der Waals surface area contributed by atoms with Gasteiger partial charge in [0.15, 0.2) is 5.13 Å². The van der Waals surface area contributed by atoms with Crippen molar-refractivity contribution in [2.45, 2.75) is 33.1 Å². The smallest absolute Gasteiger partial charge is 0.257 e. The fourth-order valence-electron chi connectivity index (χ4n) is 3.63. The van der Waals surface area contributed by atoms with E-state index < -0.39 is 0 Å². The van der Waals surface area contributed by atoms with Crippen molar-refractivity contribution in [1.82, 2.24) is 4.98 Å². The summed E-state index contributed by atoms with van der Waals surface area (Å²) in [5.74, 6) is 0.0275. The number of carbonyl (C=O) groups excluding carboxylic acids is 2. The Morgan fingerprint density at radius 3 is 2.72 bits per heavy atom. The molecule has 4 rings (SSSR count). The molecule has 1 N–H and O–H groups in total. The lowest BCUT2D eigenvalue weighted by atomic mass is 10.1. The molecule has 0 radical (unpaired) electrons. The molecule has 148 valence electrons. The van der Waals surface area contributed by atoms with Crippen LogP contribution in [0.4, 0.5) is 10.8 Å². The van der Waals surface area contributed by atoms with Crippen LogP contribution in [0.5, 0.6) is 0 Å². The van der Waals surface area contributed by atoms with Gasteiger partial charge in [-0.2, -0.15) is 0 Å². The number of hydrogen-bond donors (Lipinski definition) is 1. The maximum absolute atomic E-state index is 12.4. The molecule has 0 atom stereocenters. The number of hydrogen-bond acceptors (Lipinski definition) is 4. The topological polar surface area (TPSA) is 62.3 Å². The number of benzene rings is 2. The first-order valence-electron chi connectivity index (χ1n) is 9.84. The zero-order valence-corrected chi connectivity index (χ0v) is 17.4. The predicted octanol–water partition coefficient (Wildman–Crippen LogP) is 5.06. The first kappa shape index (κ1) is 19.3. The Kier molecular flexibility index (Phi) is 5.45. The molecule has 2 amide bonds. The summed E-state index contributed by atoms with van der Waals surface area (Å²) in [6, 6.07) is 15.3. The summed E-state index contributed by atoms with van der Waals surface area (Å²) in [5, 5.41) is 3.48. The van der Waals surface area contributed by atoms with E-state index in [0.29, 0.717) is 17.1 Å². The van der Waals surface area contributed by atoms with Crippen LogP contribution in [0.15, 0.2) is 48.5 Å². The number of aromatic nitrogens is 1. The number of amides is 2. The first-order valence-corrected chi connectivity index (χ1v) is 10.7. The van der Waals surface area contributed by atoms with Gasteiger partial charge in [0.1, 0.15) is 0 Å². The molecule has 2 heterocycles. The Bertz CT molecular complexity index is 1060. The Hall–Kier alpha value is -2.99. The summed E-state index contributed by atoms with van der Waals surface area (Å²) in [7, 11) is 0. The molecule has 1 aromatic heterocycles. The van der Waals surface area contributed by atoms with Gasteiger partial charge in [0.05, 0.1) is 5.69 Å². The number of fused-ring (bicyclic) bond motifs is 1. The highest BCUT2D eigenvalue weighted by molar-refractivity contribution is 7.16. The van der Waals surface area contributed by atoms with Gasteiger partial charge in [0, 0.05) is 34.7 Å². The van der Waals surface area contributed by atoms with Gasteiger partial charge in [-0.25, -0.2) is 4.98 Å². The quantitative estimate of drug-likeness (QED) is 0.645. The van der Waals surface area contributed by atoms with Gasteiger partial charge in [0.25, 0.3) is 5.91 Å². The minimum Gasteiger partial charge on any atom is -0.312 e. The Morgan fingerprint density at radius 2 is 1.97 bits per heavy atom. The van der Waals surface area contributed by atoms with E-state index in [1.807, 2.05) is 49.1 Å². The van der Waals surface area contributed by atoms with Gasteiger partial charge in [-0.15, -0.1) is 11.3 Å². The minimum atomic E-state index is -0.162. The highest BCUT2D eigenvalue weighted by Gasteiger charge is 2.25. The Labute approximate surface area is 174 Å². The van der Waals surface area contributed by atoms with Crippen molar-refractivity contribution in [3.05, 3.63) is 64.5 Å². The number of thiazole rings is 1. The van der Waals surface area contributed by atoms with Crippen LogP contribution in [0.1, 0.15) is 40.6 Å². The SMILES string of the molecule is CCCC(=O)N1CCc2cc(-c3nc(NC(=O)c4ccccc4)sc3C)ccc21. The molecule has 29 heavy (non-hydrogen) atoms. The van der Waals surface area contributed by atoms with Crippen LogP contribution in [0, 0.1) is 6.92 Å². The van der Waals surface area contributed by atoms with Gasteiger partial charge in [-0.05, 0) is 49.6 Å². The molecule has 1 aliphatic rings. The summed E-state index contributed by atoms with van der Waals surface area (Å²) < 4.78 is 0. The lowest BCUT2D eigenvalue weighted by Crippen LogP contribution is -2.28. The lowest BCUT2D eigenvalue weighted by molar-refractivity contribution is -0.118. The third kappa shape index (κ3) is 3.93. The third-order valence-electron chi connectivity index (χ3n) is 5.07. The fourth-order valence-corrected chi connectivity index (χ4v) is 4.46. The molecule has 0 unspecified atom stereocenters. The highest BCUT2D eigenvalue weighted by atomic mass is 32.1. The largest absolute Gasteiger partial charge is 0.312 e. The van der Waals surface area contributed by atoms with E-state index in [-0.39, 0.29) is 11.8 Å². The number of rotatable bonds is 5. The summed E-state index contributed by atoms with van der Waals surface area (Å²) in [5.41, 5.74) is 4.69. The molecule has 2 aromatic carbocycles.